The summed E-state index contributed by atoms with van der Waals surface area (Å²) >= 11 is 5.35. The van der Waals surface area contributed by atoms with Crippen LogP contribution in [0.3, 0.4) is 0 Å². The van der Waals surface area contributed by atoms with Crippen molar-refractivity contribution in [2.24, 2.45) is 0 Å². The summed E-state index contributed by atoms with van der Waals surface area (Å²) in [5.74, 6) is -1.41. The largest absolute Gasteiger partial charge is 0.456 e. The van der Waals surface area contributed by atoms with Gasteiger partial charge >= 0.3 is 0 Å². The zero-order valence-electron chi connectivity index (χ0n) is 14.3. The van der Waals surface area contributed by atoms with Crippen molar-refractivity contribution in [3.63, 3.8) is 0 Å². The van der Waals surface area contributed by atoms with Crippen molar-refractivity contribution in [3.05, 3.63) is 12.8 Å². The predicted molar refractivity (Wildman–Crippen MR) is 86.9 cm³/mol. The highest BCUT2D eigenvalue weighted by molar-refractivity contribution is 7.80. The lowest BCUT2D eigenvalue weighted by molar-refractivity contribution is -0.242. The fourth-order valence-corrected chi connectivity index (χ4v) is 4.16. The molecule has 24 heavy (non-hydrogen) atoms. The van der Waals surface area contributed by atoms with E-state index in [4.69, 9.17) is 40.6 Å². The maximum atomic E-state index is 6.18. The van der Waals surface area contributed by atoms with Crippen LogP contribution < -0.4 is 0 Å². The molecule has 134 valence electrons. The number of nitrogens with zero attached hydrogens (tertiary/aromatic N) is 1. The van der Waals surface area contributed by atoms with Gasteiger partial charge in [-0.25, -0.2) is 0 Å². The summed E-state index contributed by atoms with van der Waals surface area (Å²) in [6, 6.07) is 0. The van der Waals surface area contributed by atoms with Crippen molar-refractivity contribution in [2.45, 2.75) is 69.5 Å². The van der Waals surface area contributed by atoms with Gasteiger partial charge < -0.3 is 33.3 Å². The van der Waals surface area contributed by atoms with Crippen LogP contribution in [-0.4, -0.2) is 65.0 Å². The van der Waals surface area contributed by atoms with Gasteiger partial charge in [0.05, 0.1) is 13.2 Å². The van der Waals surface area contributed by atoms with E-state index in [2.05, 4.69) is 6.58 Å². The van der Waals surface area contributed by atoms with Crippen LogP contribution in [0.2, 0.25) is 0 Å². The lowest BCUT2D eigenvalue weighted by atomic mass is 9.89. The van der Waals surface area contributed by atoms with Gasteiger partial charge in [-0.3, -0.25) is 0 Å². The lowest BCUT2D eigenvalue weighted by Crippen LogP contribution is -2.56. The van der Waals surface area contributed by atoms with Crippen LogP contribution in [0.5, 0.6) is 0 Å². The van der Waals surface area contributed by atoms with Crippen LogP contribution in [0, 0.1) is 0 Å². The van der Waals surface area contributed by atoms with Gasteiger partial charge in [-0.15, -0.1) is 0 Å². The Morgan fingerprint density at radius 2 is 1.88 bits per heavy atom. The molecule has 0 aromatic carbocycles. The number of ether oxygens (including phenoxy) is 6. The Bertz CT molecular complexity index is 581. The Morgan fingerprint density at radius 3 is 2.46 bits per heavy atom. The zero-order valence-corrected chi connectivity index (χ0v) is 15.1. The Kier molecular flexibility index (Phi) is 3.56. The molecule has 5 atom stereocenters. The molecule has 8 heteroatoms. The van der Waals surface area contributed by atoms with Crippen molar-refractivity contribution in [1.29, 1.82) is 0 Å². The molecule has 1 spiro atoms. The van der Waals surface area contributed by atoms with Gasteiger partial charge in [0.15, 0.2) is 29.6 Å². The molecule has 7 nitrogen and oxygen atoms in total. The van der Waals surface area contributed by atoms with E-state index in [9.17, 15) is 0 Å². The van der Waals surface area contributed by atoms with Crippen molar-refractivity contribution >= 4 is 17.4 Å². The number of rotatable bonds is 2. The van der Waals surface area contributed by atoms with Crippen LogP contribution in [0.15, 0.2) is 12.8 Å². The van der Waals surface area contributed by atoms with Crippen molar-refractivity contribution in [3.8, 4) is 0 Å². The van der Waals surface area contributed by atoms with Gasteiger partial charge in [-0.2, -0.15) is 0 Å². The monoisotopic (exact) mass is 357 g/mol. The third-order valence-corrected chi connectivity index (χ3v) is 5.14. The maximum absolute atomic E-state index is 6.18. The summed E-state index contributed by atoms with van der Waals surface area (Å²) in [6.07, 6.45) is -0.0161. The van der Waals surface area contributed by atoms with E-state index in [1.807, 2.05) is 27.7 Å². The third kappa shape index (κ3) is 2.40. The molecule has 4 aliphatic rings. The van der Waals surface area contributed by atoms with E-state index in [1.54, 1.807) is 11.1 Å². The fraction of sp³-hybridized carbons (Fsp3) is 0.812. The number of hydrogen-bond acceptors (Lipinski definition) is 7. The average molecular weight is 357 g/mol. The molecule has 4 saturated heterocycles. The van der Waals surface area contributed by atoms with Crippen LogP contribution in [-0.2, 0) is 28.4 Å². The molecule has 4 heterocycles. The van der Waals surface area contributed by atoms with Crippen LogP contribution >= 0.6 is 12.2 Å². The van der Waals surface area contributed by atoms with Gasteiger partial charge in [0.2, 0.25) is 0 Å². The summed E-state index contributed by atoms with van der Waals surface area (Å²) in [6.45, 7) is 12.1. The highest BCUT2D eigenvalue weighted by Gasteiger charge is 2.70. The van der Waals surface area contributed by atoms with E-state index in [1.165, 1.54) is 0 Å². The molecule has 0 radical (unpaired) electrons. The van der Waals surface area contributed by atoms with E-state index in [0.29, 0.717) is 18.3 Å². The fourth-order valence-electron chi connectivity index (χ4n) is 3.87. The molecule has 0 saturated carbocycles. The van der Waals surface area contributed by atoms with Crippen LogP contribution in [0.25, 0.3) is 0 Å². The lowest BCUT2D eigenvalue weighted by Gasteiger charge is -2.35. The summed E-state index contributed by atoms with van der Waals surface area (Å²) < 4.78 is 36.0. The van der Waals surface area contributed by atoms with Gasteiger partial charge in [0, 0.05) is 6.20 Å². The zero-order chi connectivity index (χ0) is 17.3. The minimum absolute atomic E-state index is 0.298. The van der Waals surface area contributed by atoms with Crippen molar-refractivity contribution in [1.82, 2.24) is 4.90 Å². The molecule has 0 aliphatic carbocycles. The molecule has 4 fully saturated rings. The summed E-state index contributed by atoms with van der Waals surface area (Å²) in [5.41, 5.74) is -0.821. The van der Waals surface area contributed by atoms with Gasteiger partial charge in [0.1, 0.15) is 12.2 Å². The molecular weight excluding hydrogens is 334 g/mol. The molecule has 0 aromatic heterocycles. The predicted octanol–water partition coefficient (Wildman–Crippen LogP) is 1.51. The summed E-state index contributed by atoms with van der Waals surface area (Å²) in [5, 5.41) is 0.353. The smallest absolute Gasteiger partial charge is 0.264 e. The molecular formula is C16H23NO6S. The SMILES string of the molecule is C=CN1C[C@@]2(OC1=S)[C@@H](C1COC(C)(C)O1)O[C@@H]1OC(C)(C)O[C@@H]12. The van der Waals surface area contributed by atoms with Crippen molar-refractivity contribution in [2.75, 3.05) is 13.2 Å². The van der Waals surface area contributed by atoms with Crippen molar-refractivity contribution < 1.29 is 28.4 Å². The minimum atomic E-state index is -0.821. The standard InChI is InChI=1S/C16H23NO6S/c1-6-17-8-16(23-13(17)24)10(9-7-18-14(2,3)20-9)19-12-11(16)21-15(4,5)22-12/h6,9-12H,1,7-8H2,2-5H3/t9?,10-,11+,12-,16-/m1/s1. The average Bonchev–Trinajstić information content (AvgIpc) is 3.15. The molecule has 0 amide bonds. The molecule has 1 unspecified atom stereocenters. The first kappa shape index (κ1) is 16.7. The number of thiocarbonyl (C=S) groups is 1. The van der Waals surface area contributed by atoms with Gasteiger partial charge in [-0.05, 0) is 39.9 Å². The first-order chi connectivity index (χ1) is 11.2. The number of hydrogen-bond donors (Lipinski definition) is 0. The highest BCUT2D eigenvalue weighted by Crippen LogP contribution is 2.50. The second-order valence-electron chi connectivity index (χ2n) is 7.48. The quantitative estimate of drug-likeness (QED) is 0.690. The molecule has 4 rings (SSSR count). The van der Waals surface area contributed by atoms with Gasteiger partial charge in [0.25, 0.3) is 5.17 Å². The second-order valence-corrected chi connectivity index (χ2v) is 7.83. The summed E-state index contributed by atoms with van der Waals surface area (Å²) in [7, 11) is 0. The van der Waals surface area contributed by atoms with E-state index >= 15 is 0 Å². The third-order valence-electron chi connectivity index (χ3n) is 4.82. The number of fused-ring (bicyclic) bond motifs is 2. The topological polar surface area (TPSA) is 58.6 Å². The molecule has 0 bridgehead atoms. The second kappa shape index (κ2) is 5.12. The van der Waals surface area contributed by atoms with Crippen LogP contribution in [0.1, 0.15) is 27.7 Å². The first-order valence-corrected chi connectivity index (χ1v) is 8.52. The van der Waals surface area contributed by atoms with E-state index in [0.717, 1.165) is 0 Å². The normalized spacial score (nSPS) is 45.7. The Balaban J connectivity index is 1.67. The minimum Gasteiger partial charge on any atom is -0.456 e. The molecule has 0 aromatic rings. The van der Waals surface area contributed by atoms with Crippen LogP contribution in [0.4, 0.5) is 0 Å². The first-order valence-electron chi connectivity index (χ1n) is 8.11. The highest BCUT2D eigenvalue weighted by atomic mass is 32.1. The molecule has 4 aliphatic heterocycles. The Labute approximate surface area is 146 Å². The van der Waals surface area contributed by atoms with E-state index < -0.39 is 35.7 Å². The molecule has 0 N–H and O–H groups in total. The Morgan fingerprint density at radius 1 is 1.12 bits per heavy atom. The van der Waals surface area contributed by atoms with E-state index in [-0.39, 0.29) is 6.10 Å². The summed E-state index contributed by atoms with van der Waals surface area (Å²) in [4.78, 5) is 1.78. The Hall–Kier alpha value is -0.770. The van der Waals surface area contributed by atoms with Gasteiger partial charge in [-0.1, -0.05) is 6.58 Å². The maximum Gasteiger partial charge on any atom is 0.264 e.